The molecule has 1 saturated heterocycles. The summed E-state index contributed by atoms with van der Waals surface area (Å²) in [6, 6.07) is 13.1. The Morgan fingerprint density at radius 2 is 2.09 bits per heavy atom. The van der Waals surface area contributed by atoms with E-state index in [2.05, 4.69) is 20.2 Å². The molecule has 168 valence electrons. The zero-order chi connectivity index (χ0) is 22.3. The highest BCUT2D eigenvalue weighted by Crippen LogP contribution is 2.23. The quantitative estimate of drug-likeness (QED) is 0.580. The molecule has 3 aromatic rings. The lowest BCUT2D eigenvalue weighted by Gasteiger charge is -2.17. The van der Waals surface area contributed by atoms with Crippen LogP contribution in [-0.2, 0) is 17.8 Å². The fraction of sp³-hybridized carbons (Fsp3) is 0.375. The first-order valence-electron chi connectivity index (χ1n) is 10.8. The smallest absolute Gasteiger partial charge is 0.407 e. The minimum Gasteiger partial charge on any atom is -0.481 e. The normalized spacial score (nSPS) is 16.2. The molecule has 0 aliphatic carbocycles. The van der Waals surface area contributed by atoms with Crippen molar-refractivity contribution in [3.63, 3.8) is 0 Å². The Labute approximate surface area is 186 Å². The van der Waals surface area contributed by atoms with E-state index in [-0.39, 0.29) is 12.4 Å². The molecule has 1 aliphatic rings. The van der Waals surface area contributed by atoms with E-state index in [1.165, 1.54) is 13.3 Å². The molecule has 0 bridgehead atoms. The Morgan fingerprint density at radius 1 is 1.25 bits per heavy atom. The number of rotatable bonds is 8. The fourth-order valence-electron chi connectivity index (χ4n) is 3.98. The summed E-state index contributed by atoms with van der Waals surface area (Å²) < 4.78 is 24.9. The number of hydrogen-bond donors (Lipinski definition) is 1. The molecule has 1 aromatic carbocycles. The van der Waals surface area contributed by atoms with Gasteiger partial charge in [-0.3, -0.25) is 4.98 Å². The number of benzene rings is 1. The van der Waals surface area contributed by atoms with Crippen molar-refractivity contribution < 1.29 is 18.7 Å². The highest BCUT2D eigenvalue weighted by atomic mass is 19.1. The van der Waals surface area contributed by atoms with Crippen LogP contribution in [0, 0.1) is 11.7 Å². The molecule has 2 aromatic heterocycles. The van der Waals surface area contributed by atoms with E-state index < -0.39 is 6.09 Å². The Balaban J connectivity index is 1.25. The van der Waals surface area contributed by atoms with E-state index in [1.807, 2.05) is 30.3 Å². The highest BCUT2D eigenvalue weighted by Gasteiger charge is 2.23. The van der Waals surface area contributed by atoms with E-state index in [0.29, 0.717) is 47.9 Å². The number of alkyl carbamates (subject to hydrolysis) is 1. The largest absolute Gasteiger partial charge is 0.481 e. The molecule has 0 saturated carbocycles. The zero-order valence-corrected chi connectivity index (χ0v) is 18.1. The lowest BCUT2D eigenvalue weighted by atomic mass is 10.1. The number of carbonyl (C=O) groups excluding carboxylic acids is 1. The van der Waals surface area contributed by atoms with Gasteiger partial charge in [-0.15, -0.1) is 0 Å². The minimum atomic E-state index is -0.405. The maximum atomic E-state index is 14.5. The van der Waals surface area contributed by atoms with Crippen molar-refractivity contribution in [2.24, 2.45) is 5.92 Å². The molecular formula is C24H27FN4O3. The maximum absolute atomic E-state index is 14.5. The molecule has 4 rings (SSSR count). The molecule has 1 fully saturated rings. The van der Waals surface area contributed by atoms with Crippen LogP contribution >= 0.6 is 0 Å². The number of likely N-dealkylation sites (tertiary alicyclic amines) is 1. The highest BCUT2D eigenvalue weighted by molar-refractivity contribution is 5.78. The van der Waals surface area contributed by atoms with Crippen LogP contribution in [0.15, 0.2) is 48.7 Å². The van der Waals surface area contributed by atoms with Crippen LogP contribution in [0.1, 0.15) is 17.5 Å². The maximum Gasteiger partial charge on any atom is 0.407 e. The summed E-state index contributed by atoms with van der Waals surface area (Å²) in [6.45, 7) is 3.29. The monoisotopic (exact) mass is 438 g/mol. The molecule has 7 nitrogen and oxygen atoms in total. The van der Waals surface area contributed by atoms with Crippen LogP contribution < -0.4 is 10.1 Å². The second kappa shape index (κ2) is 10.4. The van der Waals surface area contributed by atoms with Gasteiger partial charge in [0.25, 0.3) is 0 Å². The number of nitrogens with zero attached hydrogens (tertiary/aromatic N) is 3. The van der Waals surface area contributed by atoms with E-state index in [1.54, 1.807) is 12.1 Å². The second-order valence-corrected chi connectivity index (χ2v) is 7.95. The molecule has 1 amide bonds. The van der Waals surface area contributed by atoms with Gasteiger partial charge in [0, 0.05) is 31.3 Å². The first kappa shape index (κ1) is 22.0. The molecule has 0 radical (unpaired) electrons. The van der Waals surface area contributed by atoms with Gasteiger partial charge in [0.1, 0.15) is 12.4 Å². The van der Waals surface area contributed by atoms with Crippen molar-refractivity contribution in [2.45, 2.75) is 19.4 Å². The second-order valence-electron chi connectivity index (χ2n) is 7.95. The van der Waals surface area contributed by atoms with Crippen LogP contribution in [0.25, 0.3) is 11.0 Å². The van der Waals surface area contributed by atoms with E-state index in [9.17, 15) is 9.18 Å². The van der Waals surface area contributed by atoms with Crippen molar-refractivity contribution in [1.29, 1.82) is 0 Å². The number of hydrogen-bond acceptors (Lipinski definition) is 6. The topological polar surface area (TPSA) is 76.6 Å². The summed E-state index contributed by atoms with van der Waals surface area (Å²) in [5, 5.41) is 2.86. The van der Waals surface area contributed by atoms with Crippen LogP contribution in [0.3, 0.4) is 0 Å². The third-order valence-electron chi connectivity index (χ3n) is 5.74. The van der Waals surface area contributed by atoms with E-state index >= 15 is 0 Å². The van der Waals surface area contributed by atoms with Crippen molar-refractivity contribution >= 4 is 17.1 Å². The first-order chi connectivity index (χ1) is 15.6. The van der Waals surface area contributed by atoms with Crippen molar-refractivity contribution in [1.82, 2.24) is 20.2 Å². The summed E-state index contributed by atoms with van der Waals surface area (Å²) in [7, 11) is 1.54. The lowest BCUT2D eigenvalue weighted by molar-refractivity contribution is 0.138. The molecule has 1 aliphatic heterocycles. The Bertz CT molecular complexity index is 1060. The summed E-state index contributed by atoms with van der Waals surface area (Å²) >= 11 is 0. The van der Waals surface area contributed by atoms with Gasteiger partial charge in [0.2, 0.25) is 5.88 Å². The Hall–Kier alpha value is -3.26. The number of aromatic nitrogens is 2. The predicted octanol–water partition coefficient (Wildman–Crippen LogP) is 3.57. The fourth-order valence-corrected chi connectivity index (χ4v) is 3.98. The van der Waals surface area contributed by atoms with Gasteiger partial charge in [0.15, 0.2) is 0 Å². The average molecular weight is 439 g/mol. The number of nitrogens with one attached hydrogen (secondary N) is 1. The van der Waals surface area contributed by atoms with Crippen molar-refractivity contribution in [3.8, 4) is 5.88 Å². The van der Waals surface area contributed by atoms with Crippen molar-refractivity contribution in [3.05, 3.63) is 65.6 Å². The molecule has 1 N–H and O–H groups in total. The van der Waals surface area contributed by atoms with Gasteiger partial charge in [-0.05, 0) is 36.9 Å². The molecular weight excluding hydrogens is 411 g/mol. The van der Waals surface area contributed by atoms with Gasteiger partial charge in [0.05, 0.1) is 24.3 Å². The van der Waals surface area contributed by atoms with Gasteiger partial charge >= 0.3 is 6.09 Å². The minimum absolute atomic E-state index is 0.258. The third kappa shape index (κ3) is 5.50. The summed E-state index contributed by atoms with van der Waals surface area (Å²) in [4.78, 5) is 22.8. The van der Waals surface area contributed by atoms with Crippen LogP contribution in [0.4, 0.5) is 9.18 Å². The van der Waals surface area contributed by atoms with Crippen LogP contribution in [0.5, 0.6) is 5.88 Å². The lowest BCUT2D eigenvalue weighted by Crippen LogP contribution is -2.31. The average Bonchev–Trinajstić information content (AvgIpc) is 3.29. The van der Waals surface area contributed by atoms with Gasteiger partial charge in [-0.1, -0.05) is 30.3 Å². The molecule has 8 heteroatoms. The summed E-state index contributed by atoms with van der Waals surface area (Å²) in [6.07, 6.45) is 2.36. The number of fused-ring (bicyclic) bond motifs is 1. The van der Waals surface area contributed by atoms with Crippen molar-refractivity contribution in [2.75, 3.05) is 33.3 Å². The molecule has 32 heavy (non-hydrogen) atoms. The Kier molecular flexibility index (Phi) is 7.11. The van der Waals surface area contributed by atoms with Crippen LogP contribution in [-0.4, -0.2) is 54.2 Å². The number of halogens is 1. The number of amides is 1. The first-order valence-corrected chi connectivity index (χ1v) is 10.8. The SMILES string of the molecule is COc1ccc2ncc(F)c(CCN3CC[C@@H](CNC(=O)OCc4ccccc4)C3)c2n1. The predicted molar refractivity (Wildman–Crippen MR) is 119 cm³/mol. The zero-order valence-electron chi connectivity index (χ0n) is 18.1. The summed E-state index contributed by atoms with van der Waals surface area (Å²) in [5.41, 5.74) is 2.71. The van der Waals surface area contributed by atoms with Crippen LogP contribution in [0.2, 0.25) is 0 Å². The standard InChI is InChI=1S/C24H27FN4O3/c1-31-22-8-7-21-23(28-22)19(20(25)14-26-21)10-12-29-11-9-18(15-29)13-27-24(30)32-16-17-5-3-2-4-6-17/h2-8,14,18H,9-13,15-16H2,1H3,(H,27,30)/t18-/m0/s1. The van der Waals surface area contributed by atoms with Gasteiger partial charge in [-0.2, -0.15) is 0 Å². The Morgan fingerprint density at radius 3 is 2.91 bits per heavy atom. The van der Waals surface area contributed by atoms with Gasteiger partial charge < -0.3 is 19.7 Å². The van der Waals surface area contributed by atoms with E-state index in [4.69, 9.17) is 9.47 Å². The van der Waals surface area contributed by atoms with E-state index in [0.717, 1.165) is 25.1 Å². The molecule has 1 atom stereocenters. The van der Waals surface area contributed by atoms with Gasteiger partial charge in [-0.25, -0.2) is 14.2 Å². The third-order valence-corrected chi connectivity index (χ3v) is 5.74. The summed E-state index contributed by atoms with van der Waals surface area (Å²) in [5.74, 6) is 0.436. The number of ether oxygens (including phenoxy) is 2. The number of pyridine rings is 2. The molecule has 0 spiro atoms. The molecule has 3 heterocycles. The number of carbonyl (C=O) groups is 1. The molecule has 0 unspecified atom stereocenters. The number of methoxy groups -OCH3 is 1.